The smallest absolute Gasteiger partial charge is 0.317 e. The van der Waals surface area contributed by atoms with Crippen molar-refractivity contribution in [3.05, 3.63) is 29.5 Å². The molecule has 0 bridgehead atoms. The van der Waals surface area contributed by atoms with E-state index in [-0.39, 0.29) is 18.1 Å². The molecule has 0 spiro atoms. The molecule has 3 rings (SSSR count). The lowest BCUT2D eigenvalue weighted by Crippen LogP contribution is -2.42. The van der Waals surface area contributed by atoms with Gasteiger partial charge in [0.2, 0.25) is 0 Å². The summed E-state index contributed by atoms with van der Waals surface area (Å²) in [7, 11) is 1.77. The molecule has 6 nitrogen and oxygen atoms in total. The van der Waals surface area contributed by atoms with Gasteiger partial charge in [-0.15, -0.1) is 11.3 Å². The molecular weight excluding hydrogens is 326 g/mol. The lowest BCUT2D eigenvalue weighted by atomic mass is 9.86. The first-order valence-corrected chi connectivity index (χ1v) is 9.17. The molecule has 0 aliphatic heterocycles. The molecule has 2 heterocycles. The van der Waals surface area contributed by atoms with Gasteiger partial charge < -0.3 is 19.7 Å². The molecule has 130 valence electrons. The van der Waals surface area contributed by atoms with Crippen molar-refractivity contribution in [3.63, 3.8) is 0 Å². The number of aliphatic hydroxyl groups excluding tert-OH is 1. The van der Waals surface area contributed by atoms with Gasteiger partial charge in [0, 0.05) is 24.9 Å². The number of hydrogen-bond acceptors (Lipinski definition) is 5. The van der Waals surface area contributed by atoms with Crippen molar-refractivity contribution in [2.45, 2.75) is 38.3 Å². The summed E-state index contributed by atoms with van der Waals surface area (Å²) in [5.74, 6) is 0.917. The minimum absolute atomic E-state index is 0.139. The molecule has 1 aliphatic carbocycles. The fourth-order valence-corrected chi connectivity index (χ4v) is 3.82. The van der Waals surface area contributed by atoms with Gasteiger partial charge in [-0.1, -0.05) is 12.8 Å². The Labute approximate surface area is 145 Å². The maximum atomic E-state index is 12.2. The lowest BCUT2D eigenvalue weighted by molar-refractivity contribution is 0.0565. The number of urea groups is 1. The second-order valence-electron chi connectivity index (χ2n) is 6.27. The van der Waals surface area contributed by atoms with Crippen molar-refractivity contribution in [1.29, 1.82) is 0 Å². The van der Waals surface area contributed by atoms with Gasteiger partial charge in [-0.3, -0.25) is 0 Å². The largest absolute Gasteiger partial charge is 0.462 e. The third kappa shape index (κ3) is 4.15. The predicted molar refractivity (Wildman–Crippen MR) is 92.6 cm³/mol. The van der Waals surface area contributed by atoms with E-state index in [2.05, 4.69) is 10.3 Å². The molecule has 1 fully saturated rings. The molecule has 0 aromatic carbocycles. The Kier molecular flexibility index (Phi) is 5.52. The van der Waals surface area contributed by atoms with Crippen molar-refractivity contribution in [3.8, 4) is 10.8 Å². The lowest BCUT2D eigenvalue weighted by Gasteiger charge is -2.31. The average molecular weight is 349 g/mol. The molecule has 2 amide bonds. The van der Waals surface area contributed by atoms with E-state index in [0.717, 1.165) is 42.1 Å². The summed E-state index contributed by atoms with van der Waals surface area (Å²) in [6, 6.07) is 3.55. The molecule has 0 radical (unpaired) electrons. The van der Waals surface area contributed by atoms with E-state index >= 15 is 0 Å². The van der Waals surface area contributed by atoms with E-state index in [4.69, 9.17) is 4.42 Å². The van der Waals surface area contributed by atoms with E-state index in [1.807, 2.05) is 17.5 Å². The SMILES string of the molecule is CN(C[C@H]1CCCC[C@H]1O)C(=O)NCc1csc(-c2ccco2)n1. The van der Waals surface area contributed by atoms with Crippen LogP contribution in [0.2, 0.25) is 0 Å². The number of rotatable bonds is 5. The molecular formula is C17H23N3O3S. The van der Waals surface area contributed by atoms with Gasteiger partial charge in [0.1, 0.15) is 0 Å². The van der Waals surface area contributed by atoms with Crippen molar-refractivity contribution < 1.29 is 14.3 Å². The highest BCUT2D eigenvalue weighted by molar-refractivity contribution is 7.13. The van der Waals surface area contributed by atoms with Crippen LogP contribution in [0.5, 0.6) is 0 Å². The van der Waals surface area contributed by atoms with E-state index in [1.165, 1.54) is 11.3 Å². The Morgan fingerprint density at radius 2 is 2.33 bits per heavy atom. The Hall–Kier alpha value is -1.86. The number of aromatic nitrogens is 1. The minimum Gasteiger partial charge on any atom is -0.462 e. The van der Waals surface area contributed by atoms with Crippen LogP contribution in [0.15, 0.2) is 28.2 Å². The average Bonchev–Trinajstić information content (AvgIpc) is 3.25. The number of furan rings is 1. The summed E-state index contributed by atoms with van der Waals surface area (Å²) in [4.78, 5) is 18.3. The summed E-state index contributed by atoms with van der Waals surface area (Å²) in [6.45, 7) is 0.968. The quantitative estimate of drug-likeness (QED) is 0.869. The summed E-state index contributed by atoms with van der Waals surface area (Å²) in [5.41, 5.74) is 0.811. The highest BCUT2D eigenvalue weighted by Crippen LogP contribution is 2.25. The van der Waals surface area contributed by atoms with Crippen molar-refractivity contribution >= 4 is 17.4 Å². The van der Waals surface area contributed by atoms with Crippen LogP contribution in [0.25, 0.3) is 10.8 Å². The molecule has 2 atom stereocenters. The number of amides is 2. The molecule has 1 saturated carbocycles. The van der Waals surface area contributed by atoms with Crippen molar-refractivity contribution in [2.75, 3.05) is 13.6 Å². The van der Waals surface area contributed by atoms with Crippen LogP contribution in [0.4, 0.5) is 4.79 Å². The van der Waals surface area contributed by atoms with Gasteiger partial charge in [-0.05, 0) is 25.0 Å². The molecule has 2 aromatic rings. The van der Waals surface area contributed by atoms with Crippen LogP contribution in [-0.4, -0.2) is 40.7 Å². The van der Waals surface area contributed by atoms with E-state index < -0.39 is 0 Å². The Morgan fingerprint density at radius 3 is 3.08 bits per heavy atom. The van der Waals surface area contributed by atoms with Crippen molar-refractivity contribution in [2.24, 2.45) is 5.92 Å². The summed E-state index contributed by atoms with van der Waals surface area (Å²) in [6.07, 6.45) is 5.36. The number of carbonyl (C=O) groups excluding carboxylic acids is 1. The topological polar surface area (TPSA) is 78.6 Å². The highest BCUT2D eigenvalue weighted by atomic mass is 32.1. The monoisotopic (exact) mass is 349 g/mol. The third-order valence-electron chi connectivity index (χ3n) is 4.43. The fraction of sp³-hybridized carbons (Fsp3) is 0.529. The zero-order valence-electron chi connectivity index (χ0n) is 13.8. The number of aliphatic hydroxyl groups is 1. The predicted octanol–water partition coefficient (Wildman–Crippen LogP) is 3.10. The van der Waals surface area contributed by atoms with Gasteiger partial charge in [-0.25, -0.2) is 9.78 Å². The number of carbonyl (C=O) groups is 1. The summed E-state index contributed by atoms with van der Waals surface area (Å²) in [5, 5.41) is 15.6. The summed E-state index contributed by atoms with van der Waals surface area (Å²) < 4.78 is 5.32. The standard InChI is InChI=1S/C17H23N3O3S/c1-20(10-12-5-2-3-6-14(12)21)17(22)18-9-13-11-24-16(19-13)15-7-4-8-23-15/h4,7-8,11-12,14,21H,2-3,5-6,9-10H2,1H3,(H,18,22)/t12-,14-/m1/s1. The van der Waals surface area contributed by atoms with Crippen molar-refractivity contribution in [1.82, 2.24) is 15.2 Å². The molecule has 1 aliphatic rings. The normalized spacial score (nSPS) is 20.8. The zero-order chi connectivity index (χ0) is 16.9. The summed E-state index contributed by atoms with van der Waals surface area (Å²) >= 11 is 1.49. The first kappa shape index (κ1) is 17.0. The van der Waals surface area contributed by atoms with Gasteiger partial charge >= 0.3 is 6.03 Å². The third-order valence-corrected chi connectivity index (χ3v) is 5.33. The van der Waals surface area contributed by atoms with Gasteiger partial charge in [-0.2, -0.15) is 0 Å². The second-order valence-corrected chi connectivity index (χ2v) is 7.13. The number of nitrogens with one attached hydrogen (secondary N) is 1. The molecule has 0 unspecified atom stereocenters. The van der Waals surface area contributed by atoms with Crippen LogP contribution >= 0.6 is 11.3 Å². The molecule has 7 heteroatoms. The first-order chi connectivity index (χ1) is 11.6. The van der Waals surface area contributed by atoms with Gasteiger partial charge in [0.25, 0.3) is 0 Å². The zero-order valence-corrected chi connectivity index (χ0v) is 14.6. The Bertz CT molecular complexity index is 656. The van der Waals surface area contributed by atoms with Gasteiger partial charge in [0.05, 0.1) is 24.6 Å². The van der Waals surface area contributed by atoms with Crippen LogP contribution < -0.4 is 5.32 Å². The van der Waals surface area contributed by atoms with Gasteiger partial charge in [0.15, 0.2) is 10.8 Å². The van der Waals surface area contributed by atoms with Crippen LogP contribution in [0.1, 0.15) is 31.4 Å². The molecule has 0 saturated heterocycles. The van der Waals surface area contributed by atoms with Crippen LogP contribution in [-0.2, 0) is 6.54 Å². The Balaban J connectivity index is 1.48. The second kappa shape index (κ2) is 7.81. The van der Waals surface area contributed by atoms with Crippen LogP contribution in [0.3, 0.4) is 0 Å². The fourth-order valence-electron chi connectivity index (χ4n) is 3.04. The maximum Gasteiger partial charge on any atom is 0.317 e. The Morgan fingerprint density at radius 1 is 1.50 bits per heavy atom. The van der Waals surface area contributed by atoms with Crippen LogP contribution in [0, 0.1) is 5.92 Å². The number of nitrogens with zero attached hydrogens (tertiary/aromatic N) is 2. The molecule has 2 N–H and O–H groups in total. The molecule has 2 aromatic heterocycles. The first-order valence-electron chi connectivity index (χ1n) is 8.29. The van der Waals surface area contributed by atoms with E-state index in [1.54, 1.807) is 18.2 Å². The number of thiazole rings is 1. The molecule has 24 heavy (non-hydrogen) atoms. The van der Waals surface area contributed by atoms with E-state index in [9.17, 15) is 9.90 Å². The maximum absolute atomic E-state index is 12.2. The minimum atomic E-state index is -0.289. The van der Waals surface area contributed by atoms with E-state index in [0.29, 0.717) is 13.1 Å². The highest BCUT2D eigenvalue weighted by Gasteiger charge is 2.25. The number of hydrogen-bond donors (Lipinski definition) is 2.